The molecule has 0 N–H and O–H groups in total. The molecule has 5 rings (SSSR count). The zero-order chi connectivity index (χ0) is 20.6. The minimum Gasteiger partial charge on any atom is -0.355 e. The number of rotatable bonds is 4. The number of hydrogen-bond acceptors (Lipinski definition) is 6. The molecular weight excluding hydrogens is 432 g/mol. The molecule has 4 nitrogen and oxygen atoms in total. The van der Waals surface area contributed by atoms with Crippen molar-refractivity contribution in [2.45, 2.75) is 55.4 Å². The van der Waals surface area contributed by atoms with Crippen LogP contribution in [0.25, 0.3) is 10.4 Å². The summed E-state index contributed by atoms with van der Waals surface area (Å²) < 4.78 is 0. The lowest BCUT2D eigenvalue weighted by Gasteiger charge is -2.39. The van der Waals surface area contributed by atoms with Gasteiger partial charge in [-0.25, -0.2) is 15.0 Å². The van der Waals surface area contributed by atoms with Gasteiger partial charge in [0.15, 0.2) is 0 Å². The second-order valence-corrected chi connectivity index (χ2v) is 10.7. The number of halogens is 1. The van der Waals surface area contributed by atoms with Gasteiger partial charge < -0.3 is 4.90 Å². The molecule has 1 saturated heterocycles. The van der Waals surface area contributed by atoms with Crippen molar-refractivity contribution in [1.82, 2.24) is 15.0 Å². The molecule has 1 saturated carbocycles. The van der Waals surface area contributed by atoms with E-state index in [1.165, 1.54) is 38.5 Å². The van der Waals surface area contributed by atoms with Gasteiger partial charge in [-0.1, -0.05) is 48.3 Å². The lowest BCUT2D eigenvalue weighted by atomic mass is 9.77. The van der Waals surface area contributed by atoms with Gasteiger partial charge in [0.1, 0.15) is 10.8 Å². The van der Waals surface area contributed by atoms with Crippen molar-refractivity contribution < 1.29 is 0 Å². The van der Waals surface area contributed by atoms with E-state index in [2.05, 4.69) is 20.9 Å². The monoisotopic (exact) mass is 456 g/mol. The largest absolute Gasteiger partial charge is 0.355 e. The van der Waals surface area contributed by atoms with Crippen LogP contribution in [0.15, 0.2) is 46.0 Å². The van der Waals surface area contributed by atoms with Crippen molar-refractivity contribution >= 4 is 40.5 Å². The fourth-order valence-electron chi connectivity index (χ4n) is 4.80. The third-order valence-corrected chi connectivity index (χ3v) is 9.06. The summed E-state index contributed by atoms with van der Waals surface area (Å²) in [4.78, 5) is 18.3. The average Bonchev–Trinajstić information content (AvgIpc) is 3.40. The van der Waals surface area contributed by atoms with Crippen molar-refractivity contribution in [3.05, 3.63) is 46.8 Å². The first-order valence-electron chi connectivity index (χ1n) is 10.6. The number of aromatic nitrogens is 3. The van der Waals surface area contributed by atoms with Crippen molar-refractivity contribution in [2.24, 2.45) is 5.41 Å². The molecule has 3 aromatic rings. The Morgan fingerprint density at radius 2 is 1.83 bits per heavy atom. The van der Waals surface area contributed by atoms with Crippen LogP contribution in [0.4, 0.5) is 5.82 Å². The summed E-state index contributed by atoms with van der Waals surface area (Å²) in [5.74, 6) is 0.993. The Labute approximate surface area is 191 Å². The van der Waals surface area contributed by atoms with Crippen LogP contribution in [0.3, 0.4) is 0 Å². The number of thiazole rings is 1. The Hall–Kier alpha value is -1.63. The Morgan fingerprint density at radius 3 is 2.50 bits per heavy atom. The molecule has 1 aliphatic carbocycles. The van der Waals surface area contributed by atoms with Crippen molar-refractivity contribution in [3.63, 3.8) is 0 Å². The van der Waals surface area contributed by atoms with E-state index in [9.17, 15) is 0 Å². The fraction of sp³-hybridized carbons (Fsp3) is 0.435. The molecule has 2 fully saturated rings. The van der Waals surface area contributed by atoms with E-state index in [4.69, 9.17) is 16.6 Å². The van der Waals surface area contributed by atoms with Gasteiger partial charge in [-0.3, -0.25) is 0 Å². The molecule has 0 bridgehead atoms. The van der Waals surface area contributed by atoms with Gasteiger partial charge in [0, 0.05) is 23.5 Å². The van der Waals surface area contributed by atoms with Gasteiger partial charge in [0.2, 0.25) is 0 Å². The van der Waals surface area contributed by atoms with Crippen molar-refractivity contribution in [3.8, 4) is 10.4 Å². The summed E-state index contributed by atoms with van der Waals surface area (Å²) in [5, 5.41) is 1.61. The first-order valence-corrected chi connectivity index (χ1v) is 12.6. The third-order valence-electron chi connectivity index (χ3n) is 6.59. The highest BCUT2D eigenvalue weighted by Crippen LogP contribution is 2.46. The van der Waals surface area contributed by atoms with Gasteiger partial charge in [-0.05, 0) is 44.1 Å². The maximum Gasteiger partial charge on any atom is 0.147 e. The Bertz CT molecular complexity index is 1020. The molecule has 2 aromatic heterocycles. The van der Waals surface area contributed by atoms with E-state index in [0.29, 0.717) is 5.41 Å². The number of anilines is 1. The summed E-state index contributed by atoms with van der Waals surface area (Å²) in [5.41, 5.74) is 4.52. The molecular formula is C23H25ClN4S2. The average molecular weight is 457 g/mol. The fourth-order valence-corrected chi connectivity index (χ4v) is 6.81. The maximum absolute atomic E-state index is 6.74. The highest BCUT2D eigenvalue weighted by atomic mass is 35.5. The normalized spacial score (nSPS) is 18.3. The minimum absolute atomic E-state index is 0.623. The van der Waals surface area contributed by atoms with Crippen LogP contribution in [0.2, 0.25) is 5.02 Å². The molecule has 1 aliphatic heterocycles. The van der Waals surface area contributed by atoms with E-state index in [1.807, 2.05) is 37.0 Å². The lowest BCUT2D eigenvalue weighted by molar-refractivity contribution is 0.226. The number of nitrogens with zero attached hydrogens (tertiary/aromatic N) is 4. The Balaban J connectivity index is 1.28. The van der Waals surface area contributed by atoms with Crippen molar-refractivity contribution in [2.75, 3.05) is 18.0 Å². The van der Waals surface area contributed by atoms with E-state index >= 15 is 0 Å². The molecule has 30 heavy (non-hydrogen) atoms. The zero-order valence-corrected chi connectivity index (χ0v) is 19.5. The van der Waals surface area contributed by atoms with Crippen LogP contribution < -0.4 is 4.90 Å². The third kappa shape index (κ3) is 3.97. The molecule has 156 valence electrons. The van der Waals surface area contributed by atoms with Crippen LogP contribution in [0, 0.1) is 12.3 Å². The summed E-state index contributed by atoms with van der Waals surface area (Å²) in [7, 11) is 0. The molecule has 3 heterocycles. The predicted molar refractivity (Wildman–Crippen MR) is 126 cm³/mol. The van der Waals surface area contributed by atoms with Crippen LogP contribution in [-0.4, -0.2) is 28.0 Å². The van der Waals surface area contributed by atoms with Crippen LogP contribution in [0.5, 0.6) is 0 Å². The zero-order valence-electron chi connectivity index (χ0n) is 17.1. The Morgan fingerprint density at radius 1 is 1.03 bits per heavy atom. The summed E-state index contributed by atoms with van der Waals surface area (Å²) in [6, 6.07) is 6.13. The predicted octanol–water partition coefficient (Wildman–Crippen LogP) is 6.87. The van der Waals surface area contributed by atoms with Gasteiger partial charge in [-0.2, -0.15) is 0 Å². The van der Waals surface area contributed by atoms with Crippen LogP contribution in [-0.2, 0) is 0 Å². The molecule has 0 unspecified atom stereocenters. The first-order chi connectivity index (χ1) is 14.6. The first kappa shape index (κ1) is 20.3. The van der Waals surface area contributed by atoms with E-state index < -0.39 is 0 Å². The molecule has 1 aromatic carbocycles. The maximum atomic E-state index is 6.74. The van der Waals surface area contributed by atoms with Gasteiger partial charge in [0.25, 0.3) is 0 Å². The van der Waals surface area contributed by atoms with Gasteiger partial charge in [0.05, 0.1) is 33.5 Å². The summed E-state index contributed by atoms with van der Waals surface area (Å²) in [6.45, 7) is 4.22. The number of aryl methyl sites for hydroxylation is 1. The van der Waals surface area contributed by atoms with Gasteiger partial charge >= 0.3 is 0 Å². The number of benzene rings is 1. The molecule has 7 heteroatoms. The van der Waals surface area contributed by atoms with E-state index in [0.717, 1.165) is 50.0 Å². The van der Waals surface area contributed by atoms with E-state index in [-0.39, 0.29) is 0 Å². The highest BCUT2D eigenvalue weighted by Gasteiger charge is 2.37. The summed E-state index contributed by atoms with van der Waals surface area (Å²) in [6.07, 6.45) is 12.1. The van der Waals surface area contributed by atoms with Crippen molar-refractivity contribution in [1.29, 1.82) is 0 Å². The Kier molecular flexibility index (Phi) is 5.73. The molecule has 2 aliphatic rings. The summed E-state index contributed by atoms with van der Waals surface area (Å²) >= 11 is 9.92. The molecule has 0 atom stereocenters. The highest BCUT2D eigenvalue weighted by molar-refractivity contribution is 7.99. The smallest absolute Gasteiger partial charge is 0.147 e. The van der Waals surface area contributed by atoms with E-state index in [1.54, 1.807) is 23.1 Å². The van der Waals surface area contributed by atoms with Crippen LogP contribution in [0.1, 0.15) is 44.2 Å². The molecule has 0 radical (unpaired) electrons. The standard InChI is InChI=1S/C23H25ClN4S2/c1-16-22(29-15-27-16)17-5-4-6-18(21(17)24)30-20-14-25-19(13-26-20)28-11-9-23(10-12-28)7-2-3-8-23/h4-6,13-15H,2-3,7-12H2,1H3. The number of piperidine rings is 1. The SMILES string of the molecule is Cc1ncsc1-c1cccc(Sc2cnc(N3CCC4(CCCC4)CC3)cn2)c1Cl. The topological polar surface area (TPSA) is 41.9 Å². The minimum atomic E-state index is 0.623. The second kappa shape index (κ2) is 8.48. The molecule has 0 amide bonds. The quantitative estimate of drug-likeness (QED) is 0.428. The lowest BCUT2D eigenvalue weighted by Crippen LogP contribution is -2.39. The van der Waals surface area contributed by atoms with Crippen LogP contribution >= 0.6 is 34.7 Å². The van der Waals surface area contributed by atoms with Gasteiger partial charge in [-0.15, -0.1) is 11.3 Å². The number of hydrogen-bond donors (Lipinski definition) is 0. The second-order valence-electron chi connectivity index (χ2n) is 8.39. The molecule has 1 spiro atoms.